The first kappa shape index (κ1) is 18.5. The summed E-state index contributed by atoms with van der Waals surface area (Å²) in [6.45, 7) is 2.78. The number of aryl methyl sites for hydroxylation is 1. The maximum atomic E-state index is 9.69. The molecule has 5 nitrogen and oxygen atoms in total. The minimum absolute atomic E-state index is 0.496. The van der Waals surface area contributed by atoms with Gasteiger partial charge in [0.2, 0.25) is 0 Å². The molecule has 5 heteroatoms. The molecule has 0 atom stereocenters. The van der Waals surface area contributed by atoms with Crippen molar-refractivity contribution in [2.24, 2.45) is 7.05 Å². The summed E-state index contributed by atoms with van der Waals surface area (Å²) >= 11 is 0. The van der Waals surface area contributed by atoms with Gasteiger partial charge in [0.05, 0.1) is 30.3 Å². The lowest BCUT2D eigenvalue weighted by atomic mass is 10.1. The zero-order valence-electron chi connectivity index (χ0n) is 15.9. The Morgan fingerprint density at radius 3 is 2.74 bits per heavy atom. The van der Waals surface area contributed by atoms with Gasteiger partial charge in [0, 0.05) is 7.05 Å². The molecule has 3 aromatic rings. The van der Waals surface area contributed by atoms with Crippen LogP contribution in [0.15, 0.2) is 42.5 Å². The van der Waals surface area contributed by atoms with Crippen LogP contribution in [-0.4, -0.2) is 23.3 Å². The Morgan fingerprint density at radius 1 is 1.22 bits per heavy atom. The molecule has 1 heterocycles. The minimum Gasteiger partial charge on any atom is -0.493 e. The maximum Gasteiger partial charge on any atom is 0.161 e. The van der Waals surface area contributed by atoms with Crippen LogP contribution >= 0.6 is 0 Å². The lowest BCUT2D eigenvalue weighted by Crippen LogP contribution is -1.99. The van der Waals surface area contributed by atoms with Crippen molar-refractivity contribution < 1.29 is 9.47 Å². The summed E-state index contributed by atoms with van der Waals surface area (Å²) in [5.41, 5.74) is 3.22. The monoisotopic (exact) mass is 361 g/mol. The number of benzene rings is 2. The number of nitriles is 1. The van der Waals surface area contributed by atoms with Gasteiger partial charge < -0.3 is 14.0 Å². The lowest BCUT2D eigenvalue weighted by molar-refractivity contribution is 0.288. The van der Waals surface area contributed by atoms with Gasteiger partial charge in [-0.05, 0) is 42.3 Å². The van der Waals surface area contributed by atoms with Gasteiger partial charge in [0.15, 0.2) is 17.3 Å². The number of ether oxygens (including phenoxy) is 2. The van der Waals surface area contributed by atoms with Crippen molar-refractivity contribution in [1.29, 1.82) is 5.26 Å². The number of rotatable bonds is 7. The summed E-state index contributed by atoms with van der Waals surface area (Å²) in [5, 5.41) is 9.69. The molecule has 0 unspecified atom stereocenters. The highest BCUT2D eigenvalue weighted by atomic mass is 16.5. The number of fused-ring (bicyclic) bond motifs is 1. The van der Waals surface area contributed by atoms with E-state index in [4.69, 9.17) is 9.47 Å². The molecule has 138 valence electrons. The van der Waals surface area contributed by atoms with E-state index in [1.165, 1.54) is 0 Å². The fraction of sp³-hybridized carbons (Fsp3) is 0.273. The van der Waals surface area contributed by atoms with Crippen molar-refractivity contribution in [3.63, 3.8) is 0 Å². The van der Waals surface area contributed by atoms with Crippen LogP contribution in [-0.2, 0) is 7.05 Å². The van der Waals surface area contributed by atoms with Crippen LogP contribution in [0.2, 0.25) is 0 Å². The molecule has 0 bridgehead atoms. The van der Waals surface area contributed by atoms with Gasteiger partial charge in [-0.25, -0.2) is 4.98 Å². The van der Waals surface area contributed by atoms with Crippen molar-refractivity contribution in [2.45, 2.75) is 19.8 Å². The summed E-state index contributed by atoms with van der Waals surface area (Å²) in [7, 11) is 3.54. The van der Waals surface area contributed by atoms with Gasteiger partial charge in [-0.3, -0.25) is 0 Å². The summed E-state index contributed by atoms with van der Waals surface area (Å²) in [6.07, 6.45) is 3.89. The van der Waals surface area contributed by atoms with E-state index in [9.17, 15) is 5.26 Å². The first-order valence-electron chi connectivity index (χ1n) is 9.02. The molecule has 0 N–H and O–H groups in total. The standard InChI is InChI=1S/C22H23N3O2/c1-4-5-12-27-20-11-10-16(14-21(20)26-3)13-17(15-23)22-24-18-8-6-7-9-19(18)25(22)2/h6-11,13-14H,4-5,12H2,1-3H3/b17-13+. The first-order valence-corrected chi connectivity index (χ1v) is 9.02. The molecule has 0 fully saturated rings. The molecule has 0 saturated heterocycles. The minimum atomic E-state index is 0.496. The van der Waals surface area contributed by atoms with Crippen molar-refractivity contribution in [3.05, 3.63) is 53.9 Å². The lowest BCUT2D eigenvalue weighted by Gasteiger charge is -2.11. The van der Waals surface area contributed by atoms with Gasteiger partial charge in [-0.15, -0.1) is 0 Å². The van der Waals surface area contributed by atoms with Gasteiger partial charge >= 0.3 is 0 Å². The molecular weight excluding hydrogens is 338 g/mol. The van der Waals surface area contributed by atoms with Gasteiger partial charge in [-0.2, -0.15) is 5.26 Å². The fourth-order valence-electron chi connectivity index (χ4n) is 2.92. The summed E-state index contributed by atoms with van der Waals surface area (Å²) in [6, 6.07) is 15.8. The van der Waals surface area contributed by atoms with Crippen LogP contribution in [0.3, 0.4) is 0 Å². The molecule has 0 aliphatic carbocycles. The zero-order chi connectivity index (χ0) is 19.2. The van der Waals surface area contributed by atoms with E-state index in [0.717, 1.165) is 29.4 Å². The van der Waals surface area contributed by atoms with Crippen molar-refractivity contribution in [2.75, 3.05) is 13.7 Å². The first-order chi connectivity index (χ1) is 13.2. The summed E-state index contributed by atoms with van der Waals surface area (Å²) < 4.78 is 13.2. The van der Waals surface area contributed by atoms with Gasteiger partial charge in [-0.1, -0.05) is 31.5 Å². The Hall–Kier alpha value is -3.26. The summed E-state index contributed by atoms with van der Waals surface area (Å²) in [5.74, 6) is 2.01. The van der Waals surface area contributed by atoms with Crippen LogP contribution in [0.25, 0.3) is 22.7 Å². The number of para-hydroxylation sites is 2. The molecule has 2 aromatic carbocycles. The van der Waals surface area contributed by atoms with Crippen molar-refractivity contribution in [1.82, 2.24) is 9.55 Å². The molecule has 0 aliphatic heterocycles. The van der Waals surface area contributed by atoms with Crippen LogP contribution < -0.4 is 9.47 Å². The molecule has 0 amide bonds. The average molecular weight is 361 g/mol. The Morgan fingerprint density at radius 2 is 2.04 bits per heavy atom. The predicted octanol–water partition coefficient (Wildman–Crippen LogP) is 4.82. The molecule has 0 radical (unpaired) electrons. The van der Waals surface area contributed by atoms with Crippen LogP contribution in [0.4, 0.5) is 0 Å². The van der Waals surface area contributed by atoms with Gasteiger partial charge in [0.1, 0.15) is 6.07 Å². The second kappa shape index (κ2) is 8.41. The topological polar surface area (TPSA) is 60.1 Å². The number of aromatic nitrogens is 2. The zero-order valence-corrected chi connectivity index (χ0v) is 15.9. The summed E-state index contributed by atoms with van der Waals surface area (Å²) in [4.78, 5) is 4.61. The Labute approximate surface area is 159 Å². The normalized spacial score (nSPS) is 11.4. The fourth-order valence-corrected chi connectivity index (χ4v) is 2.92. The number of allylic oxidation sites excluding steroid dienone is 1. The largest absolute Gasteiger partial charge is 0.493 e. The number of hydrogen-bond donors (Lipinski definition) is 0. The predicted molar refractivity (Wildman–Crippen MR) is 108 cm³/mol. The molecule has 0 spiro atoms. The van der Waals surface area contributed by atoms with Crippen molar-refractivity contribution in [3.8, 4) is 17.6 Å². The second-order valence-corrected chi connectivity index (χ2v) is 6.27. The van der Waals surface area contributed by atoms with E-state index in [-0.39, 0.29) is 0 Å². The Balaban J connectivity index is 1.95. The second-order valence-electron chi connectivity index (χ2n) is 6.27. The smallest absolute Gasteiger partial charge is 0.161 e. The van der Waals surface area contributed by atoms with Crippen LogP contribution in [0, 0.1) is 11.3 Å². The number of hydrogen-bond acceptors (Lipinski definition) is 4. The van der Waals surface area contributed by atoms with Crippen LogP contribution in [0.5, 0.6) is 11.5 Å². The third kappa shape index (κ3) is 3.95. The SMILES string of the molecule is CCCCOc1ccc(/C=C(\C#N)c2nc3ccccc3n2C)cc1OC. The van der Waals surface area contributed by atoms with Crippen molar-refractivity contribution >= 4 is 22.7 Å². The molecule has 0 aliphatic rings. The van der Waals surface area contributed by atoms with E-state index < -0.39 is 0 Å². The van der Waals surface area contributed by atoms with E-state index >= 15 is 0 Å². The molecule has 27 heavy (non-hydrogen) atoms. The third-order valence-electron chi connectivity index (χ3n) is 4.40. The Bertz CT molecular complexity index is 1010. The van der Waals surface area contributed by atoms with E-state index in [1.54, 1.807) is 7.11 Å². The molecular formula is C22H23N3O2. The third-order valence-corrected chi connectivity index (χ3v) is 4.40. The number of methoxy groups -OCH3 is 1. The van der Waals surface area contributed by atoms with E-state index in [2.05, 4.69) is 18.0 Å². The maximum absolute atomic E-state index is 9.69. The highest BCUT2D eigenvalue weighted by molar-refractivity contribution is 5.91. The van der Waals surface area contributed by atoms with E-state index in [0.29, 0.717) is 29.5 Å². The van der Waals surface area contributed by atoms with Gasteiger partial charge in [0.25, 0.3) is 0 Å². The molecule has 3 rings (SSSR count). The average Bonchev–Trinajstić information content (AvgIpc) is 3.04. The number of unbranched alkanes of at least 4 members (excludes halogenated alkanes) is 1. The quantitative estimate of drug-likeness (QED) is 0.447. The van der Waals surface area contributed by atoms with Crippen LogP contribution in [0.1, 0.15) is 31.2 Å². The number of imidazole rings is 1. The number of nitrogens with zero attached hydrogens (tertiary/aromatic N) is 3. The molecule has 0 saturated carbocycles. The Kier molecular flexibility index (Phi) is 5.77. The molecule has 1 aromatic heterocycles. The van der Waals surface area contributed by atoms with E-state index in [1.807, 2.05) is 60.2 Å². The highest BCUT2D eigenvalue weighted by Gasteiger charge is 2.12. The highest BCUT2D eigenvalue weighted by Crippen LogP contribution is 2.30.